The zero-order chi connectivity index (χ0) is 35.6. The fourth-order valence-electron chi connectivity index (χ4n) is 4.77. The number of hydrogen-bond donors (Lipinski definition) is 0. The third kappa shape index (κ3) is 24.4. The molecule has 0 amide bonds. The van der Waals surface area contributed by atoms with Gasteiger partial charge in [0.05, 0.1) is 0 Å². The Balaban J connectivity index is -0.0000000888. The SMILES string of the molecule is CC(C)(C)c1cc([O-])cc(C(C)(C)C)c1.CC(C)(C)c1ccc([O-])c(C(C)(C)C)c1.CC(C)(C)c1cccc(C(C)(C)C)c1[O-].[Cl-].[Cl-].[Cl-].[Cl-].[Zr+4].[Zr+4].[Zr+4].[Zr+4]. The van der Waals surface area contributed by atoms with Gasteiger partial charge in [-0.05, 0) is 49.2 Å². The molecule has 3 aromatic carbocycles. The average molecular weight is 1120 g/mol. The third-order valence-corrected chi connectivity index (χ3v) is 7.92. The molecule has 3 nitrogen and oxygen atoms in total. The van der Waals surface area contributed by atoms with Crippen LogP contribution in [0, 0.1) is 0 Å². The van der Waals surface area contributed by atoms with Crippen LogP contribution in [0.2, 0.25) is 0 Å². The van der Waals surface area contributed by atoms with Gasteiger partial charge in [0.2, 0.25) is 0 Å². The molecule has 0 bridgehead atoms. The maximum Gasteiger partial charge on any atom is 4.00 e. The predicted octanol–water partition coefficient (Wildman–Crippen LogP) is -1.93. The summed E-state index contributed by atoms with van der Waals surface area (Å²) in [6.45, 7) is 38.0. The van der Waals surface area contributed by atoms with E-state index in [9.17, 15) is 15.3 Å². The monoisotopic (exact) mass is 1110 g/mol. The number of benzene rings is 3. The molecular weight excluding hydrogens is 1060 g/mol. The van der Waals surface area contributed by atoms with Gasteiger partial charge in [0.25, 0.3) is 0 Å². The Morgan fingerprint density at radius 1 is 0.340 bits per heavy atom. The molecule has 3 rings (SSSR count). The van der Waals surface area contributed by atoms with Crippen molar-refractivity contribution in [2.24, 2.45) is 0 Å². The Morgan fingerprint density at radius 2 is 0.642 bits per heavy atom. The average Bonchev–Trinajstić information content (AvgIpc) is 2.81. The van der Waals surface area contributed by atoms with Crippen LogP contribution in [0.3, 0.4) is 0 Å². The molecule has 3 aromatic rings. The minimum atomic E-state index is -0.0711. The molecule has 0 spiro atoms. The van der Waals surface area contributed by atoms with Crippen LogP contribution in [0.15, 0.2) is 54.6 Å². The van der Waals surface area contributed by atoms with Crippen LogP contribution in [0.4, 0.5) is 0 Å². The number of para-hydroxylation sites is 1. The van der Waals surface area contributed by atoms with Crippen molar-refractivity contribution in [3.05, 3.63) is 88.0 Å². The molecule has 0 saturated heterocycles. The summed E-state index contributed by atoms with van der Waals surface area (Å²) in [5.41, 5.74) is 6.19. The second-order valence-electron chi connectivity index (χ2n) is 18.6. The molecule has 0 aromatic heterocycles. The van der Waals surface area contributed by atoms with Gasteiger partial charge in [-0.1, -0.05) is 196 Å². The van der Waals surface area contributed by atoms with Gasteiger partial charge in [-0.2, -0.15) is 0 Å². The molecule has 0 N–H and O–H groups in total. The van der Waals surface area contributed by atoms with Crippen molar-refractivity contribution in [2.45, 2.75) is 157 Å². The van der Waals surface area contributed by atoms with Gasteiger partial charge < -0.3 is 64.9 Å². The maximum absolute atomic E-state index is 12.3. The second-order valence-corrected chi connectivity index (χ2v) is 18.6. The Morgan fingerprint density at radius 3 is 0.906 bits per heavy atom. The molecule has 11 heteroatoms. The largest absolute Gasteiger partial charge is 4.00 e. The van der Waals surface area contributed by atoms with Crippen molar-refractivity contribution in [3.8, 4) is 17.2 Å². The van der Waals surface area contributed by atoms with Gasteiger partial charge >= 0.3 is 105 Å². The molecule has 0 heterocycles. The molecule has 0 fully saturated rings. The zero-order valence-electron chi connectivity index (χ0n) is 35.4. The normalized spacial score (nSPS) is 11.0. The quantitative estimate of drug-likeness (QED) is 0.264. The van der Waals surface area contributed by atoms with E-state index in [-0.39, 0.29) is 204 Å². The summed E-state index contributed by atoms with van der Waals surface area (Å²) in [7, 11) is 0. The molecule has 0 aliphatic carbocycles. The minimum Gasteiger partial charge on any atom is -1.00 e. The van der Waals surface area contributed by atoms with Crippen LogP contribution in [0.5, 0.6) is 17.2 Å². The summed E-state index contributed by atoms with van der Waals surface area (Å²) in [4.78, 5) is 0. The summed E-state index contributed by atoms with van der Waals surface area (Å²) >= 11 is 0. The van der Waals surface area contributed by atoms with E-state index in [4.69, 9.17) is 0 Å². The van der Waals surface area contributed by atoms with E-state index in [0.29, 0.717) is 0 Å². The molecule has 0 aliphatic heterocycles. The van der Waals surface area contributed by atoms with Crippen molar-refractivity contribution < 1.29 is 170 Å². The van der Waals surface area contributed by atoms with Gasteiger partial charge in [-0.15, -0.1) is 17.2 Å². The van der Waals surface area contributed by atoms with Crippen molar-refractivity contribution >= 4 is 0 Å². The van der Waals surface area contributed by atoms with Crippen LogP contribution in [-0.2, 0) is 137 Å². The Hall–Kier alpha value is 1.75. The van der Waals surface area contributed by atoms with Gasteiger partial charge in [0, 0.05) is 0 Å². The van der Waals surface area contributed by atoms with Crippen LogP contribution in [-0.4, -0.2) is 0 Å². The van der Waals surface area contributed by atoms with E-state index < -0.39 is 0 Å². The Bertz CT molecular complexity index is 1360. The van der Waals surface area contributed by atoms with Gasteiger partial charge in [0.1, 0.15) is 0 Å². The van der Waals surface area contributed by atoms with Crippen molar-refractivity contribution in [1.82, 2.24) is 0 Å². The third-order valence-electron chi connectivity index (χ3n) is 7.92. The summed E-state index contributed by atoms with van der Waals surface area (Å²) in [5, 5.41) is 35.6. The molecule has 0 aliphatic rings. The van der Waals surface area contributed by atoms with Gasteiger partial charge in [-0.3, -0.25) is 0 Å². The number of rotatable bonds is 0. The van der Waals surface area contributed by atoms with Crippen molar-refractivity contribution in [2.75, 3.05) is 0 Å². The topological polar surface area (TPSA) is 69.2 Å². The number of halogens is 4. The fraction of sp³-hybridized carbons (Fsp3) is 0.571. The fourth-order valence-corrected chi connectivity index (χ4v) is 4.77. The molecule has 0 unspecified atom stereocenters. The van der Waals surface area contributed by atoms with Crippen LogP contribution in [0.1, 0.15) is 158 Å². The first kappa shape index (κ1) is 72.4. The first-order valence-corrected chi connectivity index (χ1v) is 16.3. The molecule has 53 heavy (non-hydrogen) atoms. The van der Waals surface area contributed by atoms with E-state index >= 15 is 0 Å². The Kier molecular flexibility index (Phi) is 37.6. The molecule has 284 valence electrons. The van der Waals surface area contributed by atoms with Gasteiger partial charge in [-0.25, -0.2) is 0 Å². The predicted molar refractivity (Wildman–Crippen MR) is 190 cm³/mol. The van der Waals surface area contributed by atoms with E-state index in [1.165, 1.54) is 5.56 Å². The first-order valence-electron chi connectivity index (χ1n) is 16.3. The Labute approximate surface area is 426 Å². The van der Waals surface area contributed by atoms with Gasteiger partial charge in [0.15, 0.2) is 0 Å². The minimum absolute atomic E-state index is 0. The van der Waals surface area contributed by atoms with E-state index in [1.54, 1.807) is 18.2 Å². The van der Waals surface area contributed by atoms with Crippen LogP contribution >= 0.6 is 0 Å². The van der Waals surface area contributed by atoms with Crippen LogP contribution in [0.25, 0.3) is 0 Å². The van der Waals surface area contributed by atoms with E-state index in [1.807, 2.05) is 24.3 Å². The smallest absolute Gasteiger partial charge is 1.00 e. The number of hydrogen-bond acceptors (Lipinski definition) is 3. The maximum atomic E-state index is 12.3. The zero-order valence-corrected chi connectivity index (χ0v) is 48.3. The van der Waals surface area contributed by atoms with E-state index in [0.717, 1.165) is 27.8 Å². The second kappa shape index (κ2) is 27.5. The molecule has 0 saturated carbocycles. The van der Waals surface area contributed by atoms with Crippen molar-refractivity contribution in [1.29, 1.82) is 0 Å². The summed E-state index contributed by atoms with van der Waals surface area (Å²) in [5.74, 6) is 0.473. The molecule has 0 atom stereocenters. The van der Waals surface area contributed by atoms with Crippen LogP contribution < -0.4 is 64.9 Å². The van der Waals surface area contributed by atoms with E-state index in [2.05, 4.69) is 137 Å². The first-order chi connectivity index (χ1) is 19.9. The molecular formula is C42H63Cl4O3Zr4+9. The summed E-state index contributed by atoms with van der Waals surface area (Å²) in [6, 6.07) is 17.2. The standard InChI is InChI=1S/3C14H22O.4ClH.4Zr/c1-13(2,3)10-7-11(14(4,5)6)9-12(15)8-10;1-13(2,3)10-7-8-12(15)11(9-10)14(4,5)6;1-13(2,3)10-8-7-9-11(12(10)15)14(4,5)6;;;;;;;;/h3*7-9,15H,1-6H3;4*1H;;;;/q;;;;;;;4*+4/p-7. The summed E-state index contributed by atoms with van der Waals surface area (Å²) in [6.07, 6.45) is 0. The molecule has 0 radical (unpaired) electrons. The van der Waals surface area contributed by atoms with Crippen molar-refractivity contribution in [3.63, 3.8) is 0 Å². The summed E-state index contributed by atoms with van der Waals surface area (Å²) < 4.78 is 0.